The van der Waals surface area contributed by atoms with Crippen LogP contribution in [0.3, 0.4) is 0 Å². The van der Waals surface area contributed by atoms with Gasteiger partial charge in [0.25, 0.3) is 0 Å². The first-order valence-electron chi connectivity index (χ1n) is 10.8. The second-order valence-electron chi connectivity index (χ2n) is 7.97. The number of thiazole rings is 1. The summed E-state index contributed by atoms with van der Waals surface area (Å²) in [5.41, 5.74) is 5.47. The Balaban J connectivity index is 1.56. The Bertz CT molecular complexity index is 1240. The molecule has 5 nitrogen and oxygen atoms in total. The zero-order valence-electron chi connectivity index (χ0n) is 18.5. The molecule has 32 heavy (non-hydrogen) atoms. The van der Waals surface area contributed by atoms with Gasteiger partial charge < -0.3 is 0 Å². The molecule has 5 rings (SSSR count). The normalized spacial score (nSPS) is 14.6. The number of halogens is 2. The number of imidazole rings is 1. The van der Waals surface area contributed by atoms with Crippen molar-refractivity contribution >= 4 is 33.6 Å². The van der Waals surface area contributed by atoms with Crippen molar-refractivity contribution < 1.29 is 25.6 Å². The Morgan fingerprint density at radius 1 is 1.16 bits per heavy atom. The molecule has 0 saturated carbocycles. The first kappa shape index (κ1) is 21.6. The van der Waals surface area contributed by atoms with Gasteiger partial charge in [-0.3, -0.25) is 0 Å². The number of aryl methyl sites for hydroxylation is 2. The molecule has 4 heterocycles. The maximum atomic E-state index is 15.1. The van der Waals surface area contributed by atoms with Gasteiger partial charge in [-0.1, -0.05) is 29.8 Å². The Labute approximate surface area is 202 Å². The molecular formula is C24H26FIN5S-. The number of aromatic nitrogens is 3. The SMILES string of the molecule is CCc1nc2c(F)cc(N3CC[I-]CC3)cn2c1N(C)c1nc(-c2ccc(C)cc2)cs1. The Kier molecular flexibility index (Phi) is 6.07. The van der Waals surface area contributed by atoms with Gasteiger partial charge in [0, 0.05) is 0 Å². The fourth-order valence-corrected chi connectivity index (χ4v) is 7.23. The number of hydrogen-bond acceptors (Lipinski definition) is 5. The Hall–Kier alpha value is -2.20. The maximum absolute atomic E-state index is 15.1. The summed E-state index contributed by atoms with van der Waals surface area (Å²) in [7, 11) is 2.00. The van der Waals surface area contributed by atoms with E-state index in [2.05, 4.69) is 59.6 Å². The fourth-order valence-electron chi connectivity index (χ4n) is 4.04. The van der Waals surface area contributed by atoms with Gasteiger partial charge in [0.05, 0.1) is 0 Å². The van der Waals surface area contributed by atoms with Crippen LogP contribution in [0.15, 0.2) is 41.9 Å². The van der Waals surface area contributed by atoms with Crippen LogP contribution in [0.4, 0.5) is 21.0 Å². The summed E-state index contributed by atoms with van der Waals surface area (Å²) in [5.74, 6) is 0.620. The van der Waals surface area contributed by atoms with E-state index in [0.717, 1.165) is 53.1 Å². The number of anilines is 3. The third-order valence-corrected chi connectivity index (χ3v) is 9.23. The molecule has 3 aromatic heterocycles. The predicted octanol–water partition coefficient (Wildman–Crippen LogP) is 2.14. The van der Waals surface area contributed by atoms with E-state index in [1.807, 2.05) is 16.3 Å². The minimum atomic E-state index is -0.267. The van der Waals surface area contributed by atoms with E-state index in [9.17, 15) is 0 Å². The van der Waals surface area contributed by atoms with E-state index < -0.39 is 0 Å². The van der Waals surface area contributed by atoms with E-state index in [1.54, 1.807) is 17.4 Å². The van der Waals surface area contributed by atoms with E-state index >= 15 is 4.39 Å². The quantitative estimate of drug-likeness (QED) is 0.276. The van der Waals surface area contributed by atoms with Crippen LogP contribution in [-0.4, -0.2) is 43.4 Å². The molecule has 8 heteroatoms. The van der Waals surface area contributed by atoms with E-state index in [1.165, 1.54) is 14.4 Å². The van der Waals surface area contributed by atoms with Gasteiger partial charge in [-0.25, -0.2) is 0 Å². The summed E-state index contributed by atoms with van der Waals surface area (Å²) in [4.78, 5) is 13.9. The second kappa shape index (κ2) is 8.97. The fraction of sp³-hybridized carbons (Fsp3) is 0.333. The number of pyridine rings is 1. The molecule has 0 aliphatic carbocycles. The monoisotopic (exact) mass is 562 g/mol. The van der Waals surface area contributed by atoms with Crippen molar-refractivity contribution in [1.82, 2.24) is 14.4 Å². The second-order valence-corrected chi connectivity index (χ2v) is 12.0. The van der Waals surface area contributed by atoms with Crippen LogP contribution in [0.25, 0.3) is 16.9 Å². The zero-order valence-corrected chi connectivity index (χ0v) is 21.5. The Morgan fingerprint density at radius 3 is 2.62 bits per heavy atom. The summed E-state index contributed by atoms with van der Waals surface area (Å²) < 4.78 is 19.6. The minimum absolute atomic E-state index is 0.267. The van der Waals surface area contributed by atoms with Crippen LogP contribution in [0.1, 0.15) is 18.2 Å². The molecule has 0 unspecified atom stereocenters. The van der Waals surface area contributed by atoms with Crippen molar-refractivity contribution in [3.63, 3.8) is 0 Å². The molecule has 1 fully saturated rings. The van der Waals surface area contributed by atoms with Crippen molar-refractivity contribution in [3.8, 4) is 11.3 Å². The number of nitrogens with zero attached hydrogens (tertiary/aromatic N) is 5. The van der Waals surface area contributed by atoms with Crippen LogP contribution in [0.5, 0.6) is 0 Å². The molecule has 0 N–H and O–H groups in total. The van der Waals surface area contributed by atoms with E-state index in [4.69, 9.17) is 4.98 Å². The van der Waals surface area contributed by atoms with Gasteiger partial charge >= 0.3 is 166 Å². The number of benzene rings is 1. The van der Waals surface area contributed by atoms with Crippen LogP contribution < -0.4 is 31.0 Å². The van der Waals surface area contributed by atoms with Crippen molar-refractivity contribution in [2.75, 3.05) is 38.8 Å². The van der Waals surface area contributed by atoms with E-state index in [-0.39, 0.29) is 5.82 Å². The molecule has 0 spiro atoms. The first-order chi connectivity index (χ1) is 15.5. The summed E-state index contributed by atoms with van der Waals surface area (Å²) in [6.45, 7) is 6.18. The molecular weight excluding hydrogens is 536 g/mol. The summed E-state index contributed by atoms with van der Waals surface area (Å²) in [6.07, 6.45) is 2.77. The van der Waals surface area contributed by atoms with Crippen molar-refractivity contribution in [2.24, 2.45) is 0 Å². The number of alkyl halides is 2. The topological polar surface area (TPSA) is 36.7 Å². The summed E-state index contributed by atoms with van der Waals surface area (Å²) in [6, 6.07) is 10.0. The van der Waals surface area contributed by atoms with Crippen molar-refractivity contribution in [3.05, 3.63) is 59.0 Å². The molecule has 0 bridgehead atoms. The molecule has 0 atom stereocenters. The number of fused-ring (bicyclic) bond motifs is 1. The third kappa shape index (κ3) is 3.98. The Morgan fingerprint density at radius 2 is 1.91 bits per heavy atom. The standard InChI is InChI=1S/C24H26FIN5S/c1-4-20-23(29(3)24-28-21(15-32-24)17-7-5-16(2)6-8-17)31-14-18(13-19(25)22(31)27-20)30-11-9-26-10-12-30/h5-8,13-15H,4,9-12H2,1-3H3/q-1. The van der Waals surface area contributed by atoms with Crippen LogP contribution >= 0.6 is 11.3 Å². The molecule has 1 aliphatic heterocycles. The average Bonchev–Trinajstić information content (AvgIpc) is 3.45. The van der Waals surface area contributed by atoms with Crippen molar-refractivity contribution in [1.29, 1.82) is 0 Å². The molecule has 1 saturated heterocycles. The molecule has 4 aromatic rings. The van der Waals surface area contributed by atoms with Crippen LogP contribution in [0, 0.1) is 12.7 Å². The van der Waals surface area contributed by atoms with Gasteiger partial charge in [-0.2, -0.15) is 0 Å². The van der Waals surface area contributed by atoms with Crippen molar-refractivity contribution in [2.45, 2.75) is 20.3 Å². The van der Waals surface area contributed by atoms with E-state index in [0.29, 0.717) is 26.9 Å². The predicted molar refractivity (Wildman–Crippen MR) is 127 cm³/mol. The third-order valence-electron chi connectivity index (χ3n) is 5.83. The number of hydrogen-bond donors (Lipinski definition) is 0. The van der Waals surface area contributed by atoms with Gasteiger partial charge in [0.2, 0.25) is 0 Å². The zero-order chi connectivity index (χ0) is 22.2. The van der Waals surface area contributed by atoms with Gasteiger partial charge in [0.1, 0.15) is 0 Å². The van der Waals surface area contributed by atoms with Gasteiger partial charge in [-0.15, -0.1) is 0 Å². The van der Waals surface area contributed by atoms with Gasteiger partial charge in [-0.05, 0) is 6.92 Å². The van der Waals surface area contributed by atoms with Crippen LogP contribution in [-0.2, 0) is 6.42 Å². The molecule has 0 radical (unpaired) electrons. The van der Waals surface area contributed by atoms with Gasteiger partial charge in [0.15, 0.2) is 0 Å². The first-order valence-corrected chi connectivity index (χ1v) is 14.7. The average molecular weight is 562 g/mol. The molecule has 168 valence electrons. The number of rotatable bonds is 5. The molecule has 1 aliphatic rings. The van der Waals surface area contributed by atoms with Crippen LogP contribution in [0.2, 0.25) is 0 Å². The molecule has 1 aromatic carbocycles. The molecule has 0 amide bonds. The summed E-state index contributed by atoms with van der Waals surface area (Å²) in [5, 5.41) is 2.94. The summed E-state index contributed by atoms with van der Waals surface area (Å²) >= 11 is 1.91.